The minimum absolute atomic E-state index is 0. The summed E-state index contributed by atoms with van der Waals surface area (Å²) in [6.07, 6.45) is 1.70. The zero-order valence-corrected chi connectivity index (χ0v) is 17.4. The Morgan fingerprint density at radius 1 is 1.04 bits per heavy atom. The largest absolute Gasteiger partial charge is 0.741 e. The van der Waals surface area contributed by atoms with Gasteiger partial charge in [-0.1, -0.05) is 36.4 Å². The fraction of sp³-hybridized carbons (Fsp3) is 0.125. The fourth-order valence-electron chi connectivity index (χ4n) is 1.71. The van der Waals surface area contributed by atoms with E-state index in [-0.39, 0.29) is 19.5 Å². The summed E-state index contributed by atoms with van der Waals surface area (Å²) in [6.45, 7) is 1.83. The van der Waals surface area contributed by atoms with Crippen molar-refractivity contribution in [2.75, 3.05) is 12.5 Å². The van der Waals surface area contributed by atoms with Gasteiger partial charge in [-0.2, -0.15) is 15.3 Å². The molecule has 2 aromatic rings. The van der Waals surface area contributed by atoms with Gasteiger partial charge in [0, 0.05) is 38.3 Å². The molecular weight excluding hydrogens is 374 g/mol. The van der Waals surface area contributed by atoms with Gasteiger partial charge in [-0.15, -0.1) is 0 Å². The van der Waals surface area contributed by atoms with Crippen LogP contribution in [0.2, 0.25) is 0 Å². The maximum absolute atomic E-state index is 4.97. The molecule has 6 nitrogen and oxygen atoms in total. The zero-order valence-electron chi connectivity index (χ0n) is 13.6. The van der Waals surface area contributed by atoms with Crippen molar-refractivity contribution in [1.29, 1.82) is 0 Å². The van der Waals surface area contributed by atoms with E-state index < -0.39 is 0 Å². The first-order valence-electron chi connectivity index (χ1n) is 6.98. The molecule has 0 spiro atoms. The molecule has 0 aliphatic heterocycles. The van der Waals surface area contributed by atoms with E-state index in [2.05, 4.69) is 31.0 Å². The number of nitrogens with one attached hydrogen (secondary N) is 2. The Bertz CT molecular complexity index is 716. The van der Waals surface area contributed by atoms with E-state index >= 15 is 0 Å². The van der Waals surface area contributed by atoms with Crippen molar-refractivity contribution in [1.82, 2.24) is 10.3 Å². The van der Waals surface area contributed by atoms with Crippen molar-refractivity contribution in [3.05, 3.63) is 60.3 Å². The van der Waals surface area contributed by atoms with Crippen molar-refractivity contribution in [3.8, 4) is 0 Å². The van der Waals surface area contributed by atoms with Gasteiger partial charge in [0.25, 0.3) is 0 Å². The number of hydrazone groups is 1. The molecule has 24 heavy (non-hydrogen) atoms. The number of nitrogens with zero attached hydrogens (tertiary/aromatic N) is 4. The molecule has 0 atom stereocenters. The second-order valence-corrected chi connectivity index (χ2v) is 4.88. The molecule has 0 saturated carbocycles. The van der Waals surface area contributed by atoms with E-state index in [4.69, 9.17) is 12.6 Å². The van der Waals surface area contributed by atoms with Crippen LogP contribution in [0.25, 0.3) is 0 Å². The average Bonchev–Trinajstić information content (AvgIpc) is 2.61. The number of amidine groups is 1. The number of hydrogen-bond donors (Lipinski definition) is 2. The Hall–Kier alpha value is -2.18. The summed E-state index contributed by atoms with van der Waals surface area (Å²) >= 11 is 4.97. The normalized spacial score (nSPS) is 12.3. The molecule has 0 saturated heterocycles. The third-order valence-electron chi connectivity index (χ3n) is 2.84. The van der Waals surface area contributed by atoms with Crippen LogP contribution >= 0.6 is 0 Å². The van der Waals surface area contributed by atoms with Gasteiger partial charge in [0.2, 0.25) is 0 Å². The molecule has 0 fully saturated rings. The fourth-order valence-corrected chi connectivity index (χ4v) is 1.75. The van der Waals surface area contributed by atoms with Crippen LogP contribution in [0.15, 0.2) is 70.0 Å². The van der Waals surface area contributed by atoms with Crippen LogP contribution in [-0.2, 0) is 32.1 Å². The number of hydrogen-bond acceptors (Lipinski definition) is 6. The van der Waals surface area contributed by atoms with Crippen LogP contribution in [0.1, 0.15) is 12.5 Å². The van der Waals surface area contributed by atoms with Gasteiger partial charge in [0.1, 0.15) is 11.5 Å². The minimum Gasteiger partial charge on any atom is -0.741 e. The maximum atomic E-state index is 4.97. The van der Waals surface area contributed by atoms with Gasteiger partial charge in [0.05, 0.1) is 5.71 Å². The summed E-state index contributed by atoms with van der Waals surface area (Å²) in [7, 11) is 1.70. The third-order valence-corrected chi connectivity index (χ3v) is 3.13. The first-order chi connectivity index (χ1) is 11.2. The molecule has 1 aromatic heterocycles. The summed E-state index contributed by atoms with van der Waals surface area (Å²) in [6, 6.07) is 15.3. The zero-order chi connectivity index (χ0) is 16.5. The molecule has 2 N–H and O–H groups in total. The van der Waals surface area contributed by atoms with E-state index in [0.717, 1.165) is 5.56 Å². The summed E-state index contributed by atoms with van der Waals surface area (Å²) in [5, 5.41) is 15.5. The van der Waals surface area contributed by atoms with Crippen LogP contribution in [0.5, 0.6) is 0 Å². The van der Waals surface area contributed by atoms with Crippen LogP contribution in [-0.4, -0.2) is 28.6 Å². The molecule has 0 aliphatic carbocycles. The molecule has 0 radical (unpaired) electrons. The summed E-state index contributed by atoms with van der Waals surface area (Å²) in [5.74, 6) is 0.649. The SMILES string of the molecule is CNC([S-])=NN=C(C)C(=NNc1ccccn1)c1ccccc1.[Zn]. The van der Waals surface area contributed by atoms with E-state index in [1.54, 1.807) is 13.2 Å². The number of pyridine rings is 1. The first-order valence-corrected chi connectivity index (χ1v) is 7.39. The predicted octanol–water partition coefficient (Wildman–Crippen LogP) is 2.39. The molecule has 1 aromatic carbocycles. The van der Waals surface area contributed by atoms with Crippen molar-refractivity contribution >= 4 is 35.0 Å². The van der Waals surface area contributed by atoms with Gasteiger partial charge in [-0.05, 0) is 24.2 Å². The Labute approximate surface area is 159 Å². The Kier molecular flexibility index (Phi) is 8.75. The Morgan fingerprint density at radius 2 is 1.75 bits per heavy atom. The molecule has 0 amide bonds. The standard InChI is InChI=1S/C16H18N6S.Zn/c1-12(19-22-16(23)17-2)15(13-8-4-3-5-9-13)21-20-14-10-6-7-11-18-14;/h3-11H,1-2H3,(H,18,20)(H2,17,22,23);/p-1. The molecule has 2 rings (SSSR count). The van der Waals surface area contributed by atoms with E-state index in [1.807, 2.05) is 55.5 Å². The molecule has 1 heterocycles. The first kappa shape index (κ1) is 19.9. The monoisotopic (exact) mass is 389 g/mol. The van der Waals surface area contributed by atoms with E-state index in [1.165, 1.54) is 0 Å². The Balaban J connectivity index is 0.00000288. The van der Waals surface area contributed by atoms with Gasteiger partial charge in [-0.25, -0.2) is 4.98 Å². The van der Waals surface area contributed by atoms with Gasteiger partial charge < -0.3 is 17.9 Å². The summed E-state index contributed by atoms with van der Waals surface area (Å²) in [5.41, 5.74) is 5.15. The average molecular weight is 391 g/mol. The Morgan fingerprint density at radius 3 is 2.38 bits per heavy atom. The van der Waals surface area contributed by atoms with Gasteiger partial charge in [-0.3, -0.25) is 5.43 Å². The molecule has 120 valence electrons. The number of rotatable bonds is 5. The number of aromatic nitrogens is 1. The second-order valence-electron chi connectivity index (χ2n) is 4.49. The van der Waals surface area contributed by atoms with Crippen molar-refractivity contribution in [2.24, 2.45) is 15.3 Å². The topological polar surface area (TPSA) is 74.0 Å². The van der Waals surface area contributed by atoms with Crippen LogP contribution in [0.4, 0.5) is 5.82 Å². The number of benzene rings is 1. The van der Waals surface area contributed by atoms with Crippen molar-refractivity contribution < 1.29 is 19.5 Å². The third kappa shape index (κ3) is 6.14. The van der Waals surface area contributed by atoms with Gasteiger partial charge >= 0.3 is 0 Å². The van der Waals surface area contributed by atoms with Crippen LogP contribution < -0.4 is 10.7 Å². The van der Waals surface area contributed by atoms with E-state index in [0.29, 0.717) is 22.4 Å². The summed E-state index contributed by atoms with van der Waals surface area (Å²) in [4.78, 5) is 4.18. The molecular formula is C16H17N6SZn-. The molecule has 0 unspecified atom stereocenters. The quantitative estimate of drug-likeness (QED) is 0.270. The molecule has 8 heteroatoms. The second kappa shape index (κ2) is 10.6. The maximum Gasteiger partial charge on any atom is 0.146 e. The van der Waals surface area contributed by atoms with Gasteiger partial charge in [0.15, 0.2) is 0 Å². The van der Waals surface area contributed by atoms with Crippen LogP contribution in [0, 0.1) is 0 Å². The van der Waals surface area contributed by atoms with Crippen molar-refractivity contribution in [2.45, 2.75) is 6.92 Å². The van der Waals surface area contributed by atoms with Crippen molar-refractivity contribution in [3.63, 3.8) is 0 Å². The molecule has 0 aliphatic rings. The minimum atomic E-state index is 0. The smallest absolute Gasteiger partial charge is 0.146 e. The van der Waals surface area contributed by atoms with E-state index in [9.17, 15) is 0 Å². The summed E-state index contributed by atoms with van der Waals surface area (Å²) < 4.78 is 0. The van der Waals surface area contributed by atoms with Crippen LogP contribution in [0.3, 0.4) is 0 Å². The predicted molar refractivity (Wildman–Crippen MR) is 97.8 cm³/mol. The number of anilines is 1. The molecule has 0 bridgehead atoms.